The molecule has 1 aromatic carbocycles. The van der Waals surface area contributed by atoms with Gasteiger partial charge in [-0.3, -0.25) is 14.9 Å². The normalized spacial score (nSPS) is 24.0. The number of hydrogen-bond acceptors (Lipinski definition) is 4. The van der Waals surface area contributed by atoms with Gasteiger partial charge in [-0.05, 0) is 25.8 Å². The Bertz CT molecular complexity index is 1310. The average Bonchev–Trinajstić information content (AvgIpc) is 3.40. The number of imidazole rings is 1. The summed E-state index contributed by atoms with van der Waals surface area (Å²) >= 11 is 0. The van der Waals surface area contributed by atoms with Crippen LogP contribution in [0.3, 0.4) is 0 Å². The maximum atomic E-state index is 15.1. The van der Waals surface area contributed by atoms with Crippen molar-refractivity contribution in [3.8, 4) is 0 Å². The number of nitrogens with one attached hydrogen (secondary N) is 1. The highest BCUT2D eigenvalue weighted by Gasteiger charge is 2.55. The van der Waals surface area contributed by atoms with Crippen LogP contribution >= 0.6 is 0 Å². The smallest absolute Gasteiger partial charge is 0.259 e. The molecular weight excluding hydrogens is 490 g/mol. The Morgan fingerprint density at radius 1 is 1.27 bits per heavy atom. The van der Waals surface area contributed by atoms with Crippen molar-refractivity contribution in [3.05, 3.63) is 77.5 Å². The van der Waals surface area contributed by atoms with Gasteiger partial charge in [0.25, 0.3) is 5.92 Å². The Labute approximate surface area is 211 Å². The number of rotatable bonds is 5. The number of carbonyl (C=O) groups excluding carboxylic acids is 1. The van der Waals surface area contributed by atoms with Gasteiger partial charge in [0.2, 0.25) is 18.3 Å². The van der Waals surface area contributed by atoms with Crippen molar-refractivity contribution < 1.29 is 32.3 Å². The molecule has 0 unspecified atom stereocenters. The van der Waals surface area contributed by atoms with Crippen LogP contribution in [0.5, 0.6) is 0 Å². The molecule has 2 aliphatic rings. The van der Waals surface area contributed by atoms with Crippen molar-refractivity contribution >= 4 is 11.7 Å². The number of aromatic nitrogens is 3. The number of nitrogens with zero attached hydrogens (tertiary/aromatic N) is 4. The number of benzene rings is 1. The zero-order chi connectivity index (χ0) is 26.5. The van der Waals surface area contributed by atoms with Crippen LogP contribution in [0, 0.1) is 17.7 Å². The maximum absolute atomic E-state index is 15.1. The van der Waals surface area contributed by atoms with E-state index in [1.54, 1.807) is 22.6 Å². The first kappa shape index (κ1) is 25.2. The molecule has 11 heteroatoms. The van der Waals surface area contributed by atoms with Gasteiger partial charge in [-0.1, -0.05) is 0 Å². The fraction of sp³-hybridized carbons (Fsp3) is 0.423. The van der Waals surface area contributed by atoms with Gasteiger partial charge in [0, 0.05) is 66.7 Å². The average molecular weight is 518 g/mol. The van der Waals surface area contributed by atoms with Crippen molar-refractivity contribution in [3.63, 3.8) is 0 Å². The molecule has 2 N–H and O–H groups in total. The second-order valence-electron chi connectivity index (χ2n) is 10.0. The van der Waals surface area contributed by atoms with Crippen LogP contribution < -0.4 is 10.0 Å². The molecule has 0 spiro atoms. The van der Waals surface area contributed by atoms with Crippen LogP contribution in [0.2, 0.25) is 0 Å². The summed E-state index contributed by atoms with van der Waals surface area (Å²) in [5.41, 5.74) is -0.741. The van der Waals surface area contributed by atoms with Gasteiger partial charge >= 0.3 is 0 Å². The SMILES string of the molecule is C[C@@H](C(=O)Nc1cn2c(n1)CC[C@@H]2c1cc(F)[c-]c(F)c1)N1CCC(F)(F)[C@](C)(c2cc[n+](O)cc2)C1. The lowest BCUT2D eigenvalue weighted by Gasteiger charge is -2.47. The molecule has 5 rings (SSSR count). The van der Waals surface area contributed by atoms with Crippen LogP contribution in [-0.2, 0) is 16.6 Å². The number of piperidine rings is 1. The third-order valence-corrected chi connectivity index (χ3v) is 7.67. The monoisotopic (exact) mass is 517 g/mol. The first-order valence-electron chi connectivity index (χ1n) is 12.1. The Morgan fingerprint density at radius 2 is 1.95 bits per heavy atom. The number of aryl methyl sites for hydroxylation is 1. The largest absolute Gasteiger partial charge is 0.327 e. The molecule has 1 saturated heterocycles. The lowest BCUT2D eigenvalue weighted by atomic mass is 9.72. The van der Waals surface area contributed by atoms with Crippen LogP contribution in [-0.4, -0.2) is 50.6 Å². The minimum Gasteiger partial charge on any atom is -0.327 e. The molecule has 1 amide bonds. The Hall–Kier alpha value is -3.47. The number of hydrogen-bond donors (Lipinski definition) is 2. The minimum atomic E-state index is -3.00. The summed E-state index contributed by atoms with van der Waals surface area (Å²) in [5, 5.41) is 12.3. The van der Waals surface area contributed by atoms with E-state index in [1.165, 1.54) is 43.6 Å². The Balaban J connectivity index is 1.31. The molecule has 1 fully saturated rings. The van der Waals surface area contributed by atoms with E-state index in [2.05, 4.69) is 10.3 Å². The minimum absolute atomic E-state index is 0.0356. The van der Waals surface area contributed by atoms with Gasteiger partial charge < -0.3 is 9.88 Å². The van der Waals surface area contributed by atoms with Crippen molar-refractivity contribution in [1.82, 2.24) is 14.5 Å². The molecule has 0 bridgehead atoms. The molecule has 0 saturated carbocycles. The predicted molar refractivity (Wildman–Crippen MR) is 124 cm³/mol. The Kier molecular flexibility index (Phi) is 6.21. The number of carbonyl (C=O) groups is 1. The van der Waals surface area contributed by atoms with E-state index in [9.17, 15) is 18.8 Å². The second kappa shape index (κ2) is 9.13. The molecule has 4 heterocycles. The van der Waals surface area contributed by atoms with Crippen molar-refractivity contribution in [1.29, 1.82) is 0 Å². The fourth-order valence-corrected chi connectivity index (χ4v) is 5.37. The van der Waals surface area contributed by atoms with Gasteiger partial charge in [-0.25, -0.2) is 22.5 Å². The fourth-order valence-electron chi connectivity index (χ4n) is 5.37. The highest BCUT2D eigenvalue weighted by molar-refractivity contribution is 5.93. The van der Waals surface area contributed by atoms with E-state index in [0.717, 1.165) is 4.73 Å². The summed E-state index contributed by atoms with van der Waals surface area (Å²) in [6.07, 6.45) is 5.00. The molecular formula is C26H27F4N5O2. The van der Waals surface area contributed by atoms with Gasteiger partial charge in [-0.2, -0.15) is 0 Å². The van der Waals surface area contributed by atoms with Crippen LogP contribution in [0.4, 0.5) is 23.4 Å². The molecule has 7 nitrogen and oxygen atoms in total. The third kappa shape index (κ3) is 4.56. The molecule has 0 aliphatic carbocycles. The van der Waals surface area contributed by atoms with E-state index < -0.39 is 41.3 Å². The van der Waals surface area contributed by atoms with Gasteiger partial charge in [0.1, 0.15) is 5.82 Å². The molecule has 3 aromatic rings. The lowest BCUT2D eigenvalue weighted by Crippen LogP contribution is -2.60. The predicted octanol–water partition coefficient (Wildman–Crippen LogP) is 3.65. The van der Waals surface area contributed by atoms with Crippen molar-refractivity contribution in [2.24, 2.45) is 0 Å². The lowest BCUT2D eigenvalue weighted by molar-refractivity contribution is -0.904. The maximum Gasteiger partial charge on any atom is 0.259 e. The molecule has 37 heavy (non-hydrogen) atoms. The van der Waals surface area contributed by atoms with E-state index in [-0.39, 0.29) is 19.1 Å². The summed E-state index contributed by atoms with van der Waals surface area (Å²) in [6, 6.07) is 6.31. The number of pyridine rings is 1. The standard InChI is InChI=1S/C26H27F4N5O2/c1-16(33-10-7-26(29,30)25(2,15-33)18-5-8-34(37)9-6-18)24(36)32-22-14-35-21(3-4-23(35)31-22)17-11-19(27)13-20(28)12-17/h5-6,8-9,11-12,14,16,21,37H,3-4,7,10,15H2,1-2H3,(H,32,36)/t16-,21+,25-/m0/s1. The van der Waals surface area contributed by atoms with E-state index in [4.69, 9.17) is 0 Å². The van der Waals surface area contributed by atoms with E-state index in [1.807, 2.05) is 6.07 Å². The highest BCUT2D eigenvalue weighted by atomic mass is 19.3. The van der Waals surface area contributed by atoms with E-state index in [0.29, 0.717) is 35.6 Å². The summed E-state index contributed by atoms with van der Waals surface area (Å²) in [5.74, 6) is -3.99. The zero-order valence-corrected chi connectivity index (χ0v) is 20.4. The van der Waals surface area contributed by atoms with Gasteiger partial charge in [0.05, 0.1) is 11.5 Å². The topological polar surface area (TPSA) is 74.3 Å². The summed E-state index contributed by atoms with van der Waals surface area (Å²) in [4.78, 5) is 19.3. The summed E-state index contributed by atoms with van der Waals surface area (Å²) in [7, 11) is 0. The number of halogens is 4. The first-order valence-corrected chi connectivity index (χ1v) is 12.1. The van der Waals surface area contributed by atoms with Gasteiger partial charge in [0.15, 0.2) is 5.82 Å². The van der Waals surface area contributed by atoms with Crippen molar-refractivity contribution in [2.45, 2.75) is 56.5 Å². The molecule has 196 valence electrons. The summed E-state index contributed by atoms with van der Waals surface area (Å²) in [6.45, 7) is 3.10. The second-order valence-corrected chi connectivity index (χ2v) is 10.0. The number of likely N-dealkylation sites (tertiary alicyclic amines) is 1. The molecule has 0 radical (unpaired) electrons. The number of anilines is 1. The number of fused-ring (bicyclic) bond motifs is 1. The number of amides is 1. The van der Waals surface area contributed by atoms with Crippen LogP contribution in [0.25, 0.3) is 0 Å². The Morgan fingerprint density at radius 3 is 2.62 bits per heavy atom. The molecule has 2 aromatic heterocycles. The first-order chi connectivity index (χ1) is 17.5. The zero-order valence-electron chi connectivity index (χ0n) is 20.4. The molecule has 3 atom stereocenters. The third-order valence-electron chi connectivity index (χ3n) is 7.67. The van der Waals surface area contributed by atoms with Crippen molar-refractivity contribution in [2.75, 3.05) is 18.4 Å². The molecule has 2 aliphatic heterocycles. The van der Waals surface area contributed by atoms with E-state index >= 15 is 8.78 Å². The number of alkyl halides is 2. The summed E-state index contributed by atoms with van der Waals surface area (Å²) < 4.78 is 60.1. The quantitative estimate of drug-likeness (QED) is 0.235. The highest BCUT2D eigenvalue weighted by Crippen LogP contribution is 2.45. The van der Waals surface area contributed by atoms with Crippen LogP contribution in [0.1, 0.15) is 49.7 Å². The van der Waals surface area contributed by atoms with Crippen LogP contribution in [0.15, 0.2) is 42.9 Å². The van der Waals surface area contributed by atoms with Gasteiger partial charge in [-0.15, -0.1) is 23.8 Å².